The van der Waals surface area contributed by atoms with E-state index in [1.165, 1.54) is 24.7 Å². The zero-order chi connectivity index (χ0) is 8.39. The fourth-order valence-electron chi connectivity index (χ4n) is 2.01. The molecule has 0 aliphatic carbocycles. The molecule has 1 aromatic carbocycles. The topological polar surface area (TPSA) is 3.24 Å². The third-order valence-electron chi connectivity index (χ3n) is 2.70. The van der Waals surface area contributed by atoms with Crippen molar-refractivity contribution in [3.8, 4) is 0 Å². The van der Waals surface area contributed by atoms with Gasteiger partial charge in [0.15, 0.2) is 0 Å². The summed E-state index contributed by atoms with van der Waals surface area (Å²) < 4.78 is 0. The van der Waals surface area contributed by atoms with E-state index in [0.717, 1.165) is 0 Å². The molecular formula is C10H14BN. The summed E-state index contributed by atoms with van der Waals surface area (Å²) in [6, 6.07) is 10.8. The molecule has 0 radical (unpaired) electrons. The van der Waals surface area contributed by atoms with Gasteiger partial charge in [0.05, 0.1) is 0 Å². The first kappa shape index (κ1) is 7.87. The Hall–Kier alpha value is -0.755. The summed E-state index contributed by atoms with van der Waals surface area (Å²) in [6.45, 7) is 1.92. The van der Waals surface area contributed by atoms with Gasteiger partial charge in [-0.3, -0.25) is 0 Å². The molecule has 2 rings (SSSR count). The summed E-state index contributed by atoms with van der Waals surface area (Å²) in [7, 11) is 2.21. The fourth-order valence-corrected chi connectivity index (χ4v) is 2.01. The highest BCUT2D eigenvalue weighted by molar-refractivity contribution is 6.71. The molecule has 1 fully saturated rings. The lowest BCUT2D eigenvalue weighted by atomic mass is 9.54. The minimum absolute atomic E-state index is 0.672. The Balaban J connectivity index is 2.19. The van der Waals surface area contributed by atoms with E-state index in [1.807, 2.05) is 0 Å². The van der Waals surface area contributed by atoms with Gasteiger partial charge in [0.1, 0.15) is 0 Å². The molecule has 0 unspecified atom stereocenters. The predicted molar refractivity (Wildman–Crippen MR) is 53.9 cm³/mol. The largest absolute Gasteiger partial charge is 0.341 e. The standard InChI is InChI=1S/C10H14BN/c1-12-9-5-8-11(12)10-6-3-2-4-7-10/h2-4,6-7H,5,8-9H2,1H3. The molecule has 0 aromatic heterocycles. The van der Waals surface area contributed by atoms with Gasteiger partial charge in [0, 0.05) is 0 Å². The smallest absolute Gasteiger partial charge is 0.257 e. The summed E-state index contributed by atoms with van der Waals surface area (Å²) >= 11 is 0. The Morgan fingerprint density at radius 1 is 1.25 bits per heavy atom. The van der Waals surface area contributed by atoms with E-state index in [1.54, 1.807) is 0 Å². The van der Waals surface area contributed by atoms with Gasteiger partial charge in [-0.15, -0.1) is 0 Å². The molecule has 1 aromatic rings. The average molecular weight is 159 g/mol. The molecule has 0 atom stereocenters. The minimum atomic E-state index is 0.672. The molecule has 0 amide bonds. The van der Waals surface area contributed by atoms with Gasteiger partial charge >= 0.3 is 0 Å². The van der Waals surface area contributed by atoms with Crippen molar-refractivity contribution in [2.75, 3.05) is 13.6 Å². The summed E-state index contributed by atoms with van der Waals surface area (Å²) in [5.74, 6) is 0. The Kier molecular flexibility index (Phi) is 2.18. The van der Waals surface area contributed by atoms with Crippen LogP contribution in [-0.2, 0) is 0 Å². The van der Waals surface area contributed by atoms with Crippen molar-refractivity contribution in [3.63, 3.8) is 0 Å². The van der Waals surface area contributed by atoms with Crippen molar-refractivity contribution >= 4 is 12.3 Å². The molecule has 2 heteroatoms. The van der Waals surface area contributed by atoms with Crippen LogP contribution in [0.1, 0.15) is 6.42 Å². The van der Waals surface area contributed by atoms with Crippen molar-refractivity contribution in [2.45, 2.75) is 12.7 Å². The first-order valence-electron chi connectivity index (χ1n) is 4.63. The Bertz CT molecular complexity index is 247. The summed E-state index contributed by atoms with van der Waals surface area (Å²) in [5, 5.41) is 0. The number of rotatable bonds is 1. The third kappa shape index (κ3) is 1.39. The van der Waals surface area contributed by atoms with Crippen molar-refractivity contribution in [1.29, 1.82) is 0 Å². The van der Waals surface area contributed by atoms with E-state index in [0.29, 0.717) is 6.85 Å². The molecule has 0 saturated carbocycles. The zero-order valence-electron chi connectivity index (χ0n) is 7.53. The normalized spacial score (nSPS) is 18.6. The van der Waals surface area contributed by atoms with E-state index in [9.17, 15) is 0 Å². The van der Waals surface area contributed by atoms with Gasteiger partial charge in [0.25, 0.3) is 6.85 Å². The first-order chi connectivity index (χ1) is 5.88. The van der Waals surface area contributed by atoms with Gasteiger partial charge in [-0.25, -0.2) is 0 Å². The zero-order valence-corrected chi connectivity index (χ0v) is 7.53. The van der Waals surface area contributed by atoms with E-state index >= 15 is 0 Å². The summed E-state index contributed by atoms with van der Waals surface area (Å²) in [4.78, 5) is 2.44. The molecule has 1 saturated heterocycles. The molecule has 1 aliphatic heterocycles. The highest BCUT2D eigenvalue weighted by Crippen LogP contribution is 2.11. The highest BCUT2D eigenvalue weighted by Gasteiger charge is 2.26. The molecular weight excluding hydrogens is 145 g/mol. The number of hydrogen-bond acceptors (Lipinski definition) is 1. The van der Waals surface area contributed by atoms with Crippen LogP contribution in [-0.4, -0.2) is 25.3 Å². The van der Waals surface area contributed by atoms with Crippen LogP contribution in [0, 0.1) is 0 Å². The lowest BCUT2D eigenvalue weighted by Gasteiger charge is -2.15. The van der Waals surface area contributed by atoms with Crippen molar-refractivity contribution in [2.24, 2.45) is 0 Å². The lowest BCUT2D eigenvalue weighted by molar-refractivity contribution is 0.568. The second-order valence-corrected chi connectivity index (χ2v) is 3.55. The van der Waals surface area contributed by atoms with Crippen LogP contribution in [0.15, 0.2) is 30.3 Å². The summed E-state index contributed by atoms with van der Waals surface area (Å²) in [6.07, 6.45) is 2.66. The number of nitrogens with zero attached hydrogens (tertiary/aromatic N) is 1. The minimum Gasteiger partial charge on any atom is -0.341 e. The molecule has 1 nitrogen and oxygen atoms in total. The van der Waals surface area contributed by atoms with Gasteiger partial charge in [-0.1, -0.05) is 42.1 Å². The van der Waals surface area contributed by atoms with E-state index < -0.39 is 0 Å². The molecule has 0 spiro atoms. The monoisotopic (exact) mass is 159 g/mol. The third-order valence-corrected chi connectivity index (χ3v) is 2.70. The van der Waals surface area contributed by atoms with E-state index in [-0.39, 0.29) is 0 Å². The van der Waals surface area contributed by atoms with Gasteiger partial charge < -0.3 is 4.81 Å². The second-order valence-electron chi connectivity index (χ2n) is 3.55. The van der Waals surface area contributed by atoms with Crippen LogP contribution in [0.3, 0.4) is 0 Å². The maximum Gasteiger partial charge on any atom is 0.257 e. The van der Waals surface area contributed by atoms with Crippen molar-refractivity contribution in [3.05, 3.63) is 30.3 Å². The first-order valence-corrected chi connectivity index (χ1v) is 4.63. The van der Waals surface area contributed by atoms with Crippen LogP contribution in [0.5, 0.6) is 0 Å². The second kappa shape index (κ2) is 3.32. The highest BCUT2D eigenvalue weighted by atomic mass is 15.0. The van der Waals surface area contributed by atoms with Crippen LogP contribution in [0.2, 0.25) is 6.32 Å². The van der Waals surface area contributed by atoms with Crippen molar-refractivity contribution < 1.29 is 0 Å². The average Bonchev–Trinajstić information content (AvgIpc) is 2.53. The molecule has 12 heavy (non-hydrogen) atoms. The maximum absolute atomic E-state index is 2.44. The summed E-state index contributed by atoms with van der Waals surface area (Å²) in [5.41, 5.74) is 1.47. The Labute approximate surface area is 74.5 Å². The van der Waals surface area contributed by atoms with Crippen LogP contribution >= 0.6 is 0 Å². The molecule has 1 heterocycles. The van der Waals surface area contributed by atoms with Gasteiger partial charge in [0.2, 0.25) is 0 Å². The molecule has 0 bridgehead atoms. The number of benzene rings is 1. The lowest BCUT2D eigenvalue weighted by Crippen LogP contribution is -2.40. The molecule has 62 valence electrons. The van der Waals surface area contributed by atoms with Crippen LogP contribution < -0.4 is 5.46 Å². The fraction of sp³-hybridized carbons (Fsp3) is 0.400. The van der Waals surface area contributed by atoms with Gasteiger partial charge in [-0.05, 0) is 20.0 Å². The maximum atomic E-state index is 2.44. The van der Waals surface area contributed by atoms with E-state index in [2.05, 4.69) is 42.2 Å². The Morgan fingerprint density at radius 3 is 2.58 bits per heavy atom. The Morgan fingerprint density at radius 2 is 2.00 bits per heavy atom. The number of hydrogen-bond donors (Lipinski definition) is 0. The van der Waals surface area contributed by atoms with E-state index in [4.69, 9.17) is 0 Å². The van der Waals surface area contributed by atoms with Crippen LogP contribution in [0.25, 0.3) is 0 Å². The SMILES string of the molecule is CN1CCCB1c1ccccc1. The van der Waals surface area contributed by atoms with Crippen molar-refractivity contribution in [1.82, 2.24) is 4.81 Å². The quantitative estimate of drug-likeness (QED) is 0.557. The molecule has 0 N–H and O–H groups in total. The van der Waals surface area contributed by atoms with Gasteiger partial charge in [-0.2, -0.15) is 0 Å². The van der Waals surface area contributed by atoms with Crippen LogP contribution in [0.4, 0.5) is 0 Å². The predicted octanol–water partition coefficient (Wildman–Crippen LogP) is 1.22. The molecule has 1 aliphatic rings.